The first kappa shape index (κ1) is 14.5. The molecular weight excluding hydrogens is 300 g/mol. The quantitative estimate of drug-likeness (QED) is 0.735. The molecule has 0 unspecified atom stereocenters. The van der Waals surface area contributed by atoms with Gasteiger partial charge in [-0.15, -0.1) is 0 Å². The number of hydrogen-bond donors (Lipinski definition) is 1. The lowest BCUT2D eigenvalue weighted by molar-refractivity contribution is -0.135. The van der Waals surface area contributed by atoms with Crippen molar-refractivity contribution in [2.24, 2.45) is 0 Å². The zero-order chi connectivity index (χ0) is 15.4. The molecule has 2 aromatic carbocycles. The molecule has 22 heavy (non-hydrogen) atoms. The van der Waals surface area contributed by atoms with E-state index in [0.717, 1.165) is 27.1 Å². The Morgan fingerprint density at radius 1 is 1.09 bits per heavy atom. The first-order chi connectivity index (χ1) is 10.7. The molecule has 0 aliphatic heterocycles. The minimum Gasteiger partial charge on any atom is -0.289 e. The third-order valence-electron chi connectivity index (χ3n) is 3.14. The summed E-state index contributed by atoms with van der Waals surface area (Å²) < 4.78 is 2.31. The summed E-state index contributed by atoms with van der Waals surface area (Å²) >= 11 is 1.13. The second-order valence-electron chi connectivity index (χ2n) is 4.72. The largest absolute Gasteiger partial charge is 0.308 e. The van der Waals surface area contributed by atoms with Crippen LogP contribution in [0.4, 0.5) is 0 Å². The summed E-state index contributed by atoms with van der Waals surface area (Å²) in [6.45, 7) is 0.226. The van der Waals surface area contributed by atoms with Gasteiger partial charge in [0, 0.05) is 0 Å². The molecule has 112 valence electrons. The van der Waals surface area contributed by atoms with Crippen molar-refractivity contribution in [3.63, 3.8) is 0 Å². The molecule has 3 rings (SSSR count). The maximum atomic E-state index is 11.9. The highest BCUT2D eigenvalue weighted by atomic mass is 32.1. The van der Waals surface area contributed by atoms with Crippen LogP contribution in [-0.2, 0) is 22.8 Å². The molecule has 0 aliphatic rings. The van der Waals surface area contributed by atoms with Crippen LogP contribution in [0.5, 0.6) is 0 Å². The van der Waals surface area contributed by atoms with Gasteiger partial charge in [-0.05, 0) is 17.7 Å². The number of thiazole rings is 1. The van der Waals surface area contributed by atoms with Gasteiger partial charge in [-0.3, -0.25) is 19.0 Å². The zero-order valence-electron chi connectivity index (χ0n) is 11.7. The Morgan fingerprint density at radius 2 is 1.82 bits per heavy atom. The smallest absolute Gasteiger partial charge is 0.289 e. The SMILES string of the molecule is O=C(Cn1c(=O)sc2ccccc21)NOCc1ccccc1. The molecule has 1 aromatic heterocycles. The van der Waals surface area contributed by atoms with Gasteiger partial charge in [-0.2, -0.15) is 0 Å². The lowest BCUT2D eigenvalue weighted by atomic mass is 10.2. The third kappa shape index (κ3) is 3.24. The van der Waals surface area contributed by atoms with Crippen molar-refractivity contribution in [1.29, 1.82) is 0 Å². The first-order valence-corrected chi connectivity index (χ1v) is 7.58. The van der Waals surface area contributed by atoms with Crippen LogP contribution >= 0.6 is 11.3 Å². The number of amides is 1. The van der Waals surface area contributed by atoms with E-state index in [0.29, 0.717) is 0 Å². The van der Waals surface area contributed by atoms with E-state index in [2.05, 4.69) is 5.48 Å². The maximum absolute atomic E-state index is 11.9. The van der Waals surface area contributed by atoms with Gasteiger partial charge in [0.25, 0.3) is 5.91 Å². The predicted octanol–water partition coefficient (Wildman–Crippen LogP) is 2.31. The lowest BCUT2D eigenvalue weighted by Gasteiger charge is -2.07. The van der Waals surface area contributed by atoms with E-state index in [4.69, 9.17) is 4.84 Å². The second-order valence-corrected chi connectivity index (χ2v) is 5.71. The van der Waals surface area contributed by atoms with Crippen LogP contribution in [0.15, 0.2) is 59.4 Å². The first-order valence-electron chi connectivity index (χ1n) is 6.77. The molecule has 0 aliphatic carbocycles. The molecule has 3 aromatic rings. The summed E-state index contributed by atoms with van der Waals surface area (Å²) in [4.78, 5) is 28.9. The molecule has 1 N–H and O–H groups in total. The Morgan fingerprint density at radius 3 is 2.64 bits per heavy atom. The molecule has 1 heterocycles. The van der Waals surface area contributed by atoms with Crippen molar-refractivity contribution < 1.29 is 9.63 Å². The van der Waals surface area contributed by atoms with Crippen LogP contribution < -0.4 is 10.4 Å². The summed E-state index contributed by atoms with van der Waals surface area (Å²) in [5.41, 5.74) is 4.09. The Hall–Kier alpha value is -2.44. The standard InChI is InChI=1S/C16H14N2O3S/c19-15(17-21-11-12-6-2-1-3-7-12)10-18-13-8-4-5-9-14(13)22-16(18)20/h1-9H,10-11H2,(H,17,19). The number of benzene rings is 2. The number of nitrogens with one attached hydrogen (secondary N) is 1. The fourth-order valence-corrected chi connectivity index (χ4v) is 3.00. The van der Waals surface area contributed by atoms with Gasteiger partial charge in [0.05, 0.1) is 16.8 Å². The number of hydroxylamine groups is 1. The van der Waals surface area contributed by atoms with Gasteiger partial charge >= 0.3 is 4.87 Å². The summed E-state index contributed by atoms with van der Waals surface area (Å²) in [7, 11) is 0. The van der Waals surface area contributed by atoms with Crippen molar-refractivity contribution in [3.05, 3.63) is 69.8 Å². The van der Waals surface area contributed by atoms with Gasteiger partial charge in [-0.1, -0.05) is 53.8 Å². The molecule has 0 radical (unpaired) electrons. The number of carbonyl (C=O) groups excluding carboxylic acids is 1. The van der Waals surface area contributed by atoms with Gasteiger partial charge in [0.1, 0.15) is 6.54 Å². The molecule has 0 fully saturated rings. The van der Waals surface area contributed by atoms with E-state index in [9.17, 15) is 9.59 Å². The molecule has 0 atom stereocenters. The van der Waals surface area contributed by atoms with Gasteiger partial charge in [0.15, 0.2) is 0 Å². The average molecular weight is 314 g/mol. The maximum Gasteiger partial charge on any atom is 0.308 e. The zero-order valence-corrected chi connectivity index (χ0v) is 12.5. The monoisotopic (exact) mass is 314 g/mol. The molecular formula is C16H14N2O3S. The highest BCUT2D eigenvalue weighted by Gasteiger charge is 2.10. The molecule has 1 amide bonds. The topological polar surface area (TPSA) is 60.3 Å². The number of para-hydroxylation sites is 1. The number of aromatic nitrogens is 1. The number of rotatable bonds is 5. The summed E-state index contributed by atoms with van der Waals surface area (Å²) in [5, 5.41) is 0. The van der Waals surface area contributed by atoms with Crippen LogP contribution in [0, 0.1) is 0 Å². The third-order valence-corrected chi connectivity index (χ3v) is 4.10. The fourth-order valence-electron chi connectivity index (χ4n) is 2.11. The van der Waals surface area contributed by atoms with E-state index in [-0.39, 0.29) is 23.9 Å². The van der Waals surface area contributed by atoms with Crippen molar-refractivity contribution in [3.8, 4) is 0 Å². The normalized spacial score (nSPS) is 10.7. The minimum atomic E-state index is -0.360. The van der Waals surface area contributed by atoms with E-state index in [1.807, 2.05) is 54.6 Å². The Labute approximate surface area is 130 Å². The van der Waals surface area contributed by atoms with Gasteiger partial charge < -0.3 is 0 Å². The minimum absolute atomic E-state index is 0.0579. The Bertz CT molecular complexity index is 839. The van der Waals surface area contributed by atoms with Crippen molar-refractivity contribution in [1.82, 2.24) is 10.0 Å². The van der Waals surface area contributed by atoms with Crippen molar-refractivity contribution >= 4 is 27.5 Å². The predicted molar refractivity (Wildman–Crippen MR) is 85.5 cm³/mol. The molecule has 6 heteroatoms. The molecule has 0 saturated heterocycles. The Balaban J connectivity index is 1.61. The Kier molecular flexibility index (Phi) is 4.32. The summed E-state index contributed by atoms with van der Waals surface area (Å²) in [6, 6.07) is 16.9. The molecule has 0 spiro atoms. The van der Waals surface area contributed by atoms with Crippen molar-refractivity contribution in [2.45, 2.75) is 13.2 Å². The van der Waals surface area contributed by atoms with Crippen LogP contribution in [0.3, 0.4) is 0 Å². The summed E-state index contributed by atoms with van der Waals surface area (Å²) in [6.07, 6.45) is 0. The number of fused-ring (bicyclic) bond motifs is 1. The number of nitrogens with zero attached hydrogens (tertiary/aromatic N) is 1. The molecule has 5 nitrogen and oxygen atoms in total. The van der Waals surface area contributed by atoms with Crippen LogP contribution in [0.1, 0.15) is 5.56 Å². The van der Waals surface area contributed by atoms with Gasteiger partial charge in [-0.25, -0.2) is 5.48 Å². The number of hydrogen-bond acceptors (Lipinski definition) is 4. The highest BCUT2D eigenvalue weighted by Crippen LogP contribution is 2.16. The summed E-state index contributed by atoms with van der Waals surface area (Å²) in [5.74, 6) is -0.360. The lowest BCUT2D eigenvalue weighted by Crippen LogP contribution is -2.30. The fraction of sp³-hybridized carbons (Fsp3) is 0.125. The van der Waals surface area contributed by atoms with Crippen LogP contribution in [0.25, 0.3) is 10.2 Å². The molecule has 0 saturated carbocycles. The second kappa shape index (κ2) is 6.55. The van der Waals surface area contributed by atoms with E-state index < -0.39 is 0 Å². The van der Waals surface area contributed by atoms with Crippen LogP contribution in [0.2, 0.25) is 0 Å². The van der Waals surface area contributed by atoms with Gasteiger partial charge in [0.2, 0.25) is 0 Å². The highest BCUT2D eigenvalue weighted by molar-refractivity contribution is 7.16. The molecule has 0 bridgehead atoms. The van der Waals surface area contributed by atoms with E-state index in [1.54, 1.807) is 0 Å². The number of carbonyl (C=O) groups is 1. The van der Waals surface area contributed by atoms with Crippen molar-refractivity contribution in [2.75, 3.05) is 0 Å². The average Bonchev–Trinajstić information content (AvgIpc) is 2.84. The van der Waals surface area contributed by atoms with Crippen LogP contribution in [-0.4, -0.2) is 10.5 Å². The van der Waals surface area contributed by atoms with E-state index >= 15 is 0 Å². The van der Waals surface area contributed by atoms with E-state index in [1.165, 1.54) is 4.57 Å².